The van der Waals surface area contributed by atoms with E-state index in [-0.39, 0.29) is 45.6 Å². The number of carbonyl (C=O) groups excluding carboxylic acids is 3. The number of aromatic nitrogens is 2. The van der Waals surface area contributed by atoms with Crippen molar-refractivity contribution in [2.75, 3.05) is 24.0 Å². The fraction of sp³-hybridized carbons (Fsp3) is 0.273. The molecule has 0 aliphatic carbocycles. The Labute approximate surface area is 356 Å². The van der Waals surface area contributed by atoms with Crippen LogP contribution in [0, 0.1) is 6.92 Å². The number of rotatable bonds is 19. The van der Waals surface area contributed by atoms with Gasteiger partial charge in [0, 0.05) is 57.0 Å². The number of hydrogen-bond acceptors (Lipinski definition) is 9. The molecule has 307 valence electrons. The van der Waals surface area contributed by atoms with Crippen LogP contribution < -0.4 is 30.7 Å². The van der Waals surface area contributed by atoms with Crippen molar-refractivity contribution in [2.24, 2.45) is 0 Å². The van der Waals surface area contributed by atoms with Gasteiger partial charge in [-0.25, -0.2) is 4.79 Å². The Bertz CT molecular complexity index is 2120. The molecular formula is C44H47N7O7Tc. The number of aryl methyl sites for hydroxylation is 1. The number of carboxylic acid groups (broad SMARTS) is 1. The predicted molar refractivity (Wildman–Crippen MR) is 218 cm³/mol. The first-order valence-corrected chi connectivity index (χ1v) is 19.1. The summed E-state index contributed by atoms with van der Waals surface area (Å²) in [5.41, 5.74) is 5.22. The van der Waals surface area contributed by atoms with Gasteiger partial charge in [-0.15, -0.1) is 0 Å². The third kappa shape index (κ3) is 13.7. The molecule has 0 bridgehead atoms. The molecule has 0 spiro atoms. The molecule has 4 amide bonds. The van der Waals surface area contributed by atoms with Gasteiger partial charge in [0.15, 0.2) is 11.5 Å². The molecule has 3 heterocycles. The van der Waals surface area contributed by atoms with Crippen LogP contribution in [-0.4, -0.2) is 63.2 Å². The third-order valence-electron chi connectivity index (χ3n) is 9.56. The first kappa shape index (κ1) is 44.0. The number of nitrogens with zero attached hydrogens (tertiary/aromatic N) is 3. The average Bonchev–Trinajstić information content (AvgIpc) is 3.69. The smallest absolute Gasteiger partial charge is 0.323 e. The van der Waals surface area contributed by atoms with E-state index in [9.17, 15) is 24.3 Å². The van der Waals surface area contributed by atoms with Crippen LogP contribution in [0.15, 0.2) is 116 Å². The number of aliphatic carboxylic acids is 1. The van der Waals surface area contributed by atoms with E-state index < -0.39 is 30.0 Å². The standard InChI is InChI=1S/C44H47N7O7.Tc/c1-30-10-2-3-13-36(30)50-44(56)47-33-18-15-31(16-19-33)24-41(52)48-37(43(55)49-38(26-42(53)54)32-17-20-39-40(25-32)58-29-57-39)14-6-9-23-51(27-34-11-4-7-21-45-34)28-35-12-5-8-22-46-35;/h2-5,7-8,10-13,15-22,25,37-38H,6,9,14,23-24,26-29H2,1H3,(H,48,52)(H,49,55)(H,53,54)(H2,47,50,56);/t37-,38-;/m0./s1. The number of pyridine rings is 2. The second-order valence-electron chi connectivity index (χ2n) is 14.0. The molecule has 1 aliphatic rings. The summed E-state index contributed by atoms with van der Waals surface area (Å²) in [4.78, 5) is 63.3. The van der Waals surface area contributed by atoms with Gasteiger partial charge in [0.1, 0.15) is 6.04 Å². The SMILES string of the molecule is Cc1ccccc1NC(=O)Nc1ccc(CC(=O)N[C@@H](CCCCN(Cc2ccccn2)Cc2ccccn2)C(=O)N[C@@H](CC(=O)O)c2ccc3c(c2)OCO3)cc1.[Tc]. The average molecular weight is 884 g/mol. The minimum absolute atomic E-state index is 0. The number of carbonyl (C=O) groups is 4. The number of amides is 4. The Morgan fingerprint density at radius 3 is 2.12 bits per heavy atom. The van der Waals surface area contributed by atoms with Crippen molar-refractivity contribution in [3.05, 3.63) is 144 Å². The molecule has 14 nitrogen and oxygen atoms in total. The number of ether oxygens (including phenoxy) is 2. The van der Waals surface area contributed by atoms with Gasteiger partial charge >= 0.3 is 12.0 Å². The second-order valence-corrected chi connectivity index (χ2v) is 14.0. The van der Waals surface area contributed by atoms with Gasteiger partial charge in [0.2, 0.25) is 18.6 Å². The molecule has 15 heteroatoms. The van der Waals surface area contributed by atoms with Crippen molar-refractivity contribution < 1.29 is 53.9 Å². The number of benzene rings is 3. The zero-order valence-corrected chi connectivity index (χ0v) is 34.5. The van der Waals surface area contributed by atoms with E-state index in [1.165, 1.54) is 0 Å². The number of hydrogen-bond donors (Lipinski definition) is 5. The quantitative estimate of drug-likeness (QED) is 0.0583. The summed E-state index contributed by atoms with van der Waals surface area (Å²) in [6, 6.07) is 28.7. The van der Waals surface area contributed by atoms with Gasteiger partial charge in [0.25, 0.3) is 0 Å². The Hall–Kier alpha value is -6.15. The molecule has 6 rings (SSSR count). The number of fused-ring (bicyclic) bond motifs is 1. The van der Waals surface area contributed by atoms with Crippen LogP contribution in [0.2, 0.25) is 0 Å². The zero-order chi connectivity index (χ0) is 40.7. The number of para-hydroxylation sites is 1. The Balaban J connectivity index is 0.00000661. The van der Waals surface area contributed by atoms with Crippen molar-refractivity contribution in [3.63, 3.8) is 0 Å². The van der Waals surface area contributed by atoms with Gasteiger partial charge in [-0.1, -0.05) is 48.5 Å². The van der Waals surface area contributed by atoms with Crippen LogP contribution in [0.4, 0.5) is 16.2 Å². The van der Waals surface area contributed by atoms with Crippen molar-refractivity contribution >= 4 is 35.2 Å². The first-order valence-electron chi connectivity index (χ1n) is 19.1. The maximum Gasteiger partial charge on any atom is 0.323 e. The summed E-state index contributed by atoms with van der Waals surface area (Å²) < 4.78 is 10.9. The summed E-state index contributed by atoms with van der Waals surface area (Å²) in [5, 5.41) is 21.2. The molecule has 59 heavy (non-hydrogen) atoms. The minimum atomic E-state index is -1.10. The van der Waals surface area contributed by atoms with Gasteiger partial charge in [-0.2, -0.15) is 0 Å². The first-order chi connectivity index (χ1) is 28.2. The van der Waals surface area contributed by atoms with Crippen molar-refractivity contribution in [2.45, 2.75) is 64.2 Å². The molecule has 0 saturated heterocycles. The Morgan fingerprint density at radius 1 is 0.780 bits per heavy atom. The van der Waals surface area contributed by atoms with E-state index in [4.69, 9.17) is 9.47 Å². The molecule has 2 atom stereocenters. The Morgan fingerprint density at radius 2 is 1.46 bits per heavy atom. The molecule has 5 aromatic rings. The summed E-state index contributed by atoms with van der Waals surface area (Å²) in [6.07, 6.45) is 4.70. The fourth-order valence-corrected chi connectivity index (χ4v) is 6.57. The van der Waals surface area contributed by atoms with E-state index in [1.54, 1.807) is 54.9 Å². The number of urea groups is 1. The van der Waals surface area contributed by atoms with Crippen LogP contribution in [0.1, 0.15) is 59.8 Å². The van der Waals surface area contributed by atoms with Crippen LogP contribution in [0.3, 0.4) is 0 Å². The second kappa shape index (κ2) is 22.1. The summed E-state index contributed by atoms with van der Waals surface area (Å²) in [5.74, 6) is -1.00. The molecule has 0 fully saturated rings. The van der Waals surface area contributed by atoms with Crippen LogP contribution >= 0.6 is 0 Å². The number of nitrogens with one attached hydrogen (secondary N) is 4. The maximum atomic E-state index is 14.0. The van der Waals surface area contributed by atoms with E-state index in [0.29, 0.717) is 72.9 Å². The van der Waals surface area contributed by atoms with E-state index in [2.05, 4.69) is 36.1 Å². The maximum absolute atomic E-state index is 14.0. The molecule has 0 unspecified atom stereocenters. The molecule has 3 aromatic carbocycles. The van der Waals surface area contributed by atoms with E-state index in [0.717, 1.165) is 17.0 Å². The minimum Gasteiger partial charge on any atom is -0.481 e. The fourth-order valence-electron chi connectivity index (χ4n) is 6.57. The zero-order valence-electron chi connectivity index (χ0n) is 32.6. The largest absolute Gasteiger partial charge is 0.481 e. The number of carboxylic acids is 1. The van der Waals surface area contributed by atoms with Crippen LogP contribution in [0.25, 0.3) is 0 Å². The van der Waals surface area contributed by atoms with Gasteiger partial charge < -0.3 is 35.8 Å². The van der Waals surface area contributed by atoms with Gasteiger partial charge in [-0.05, 0) is 104 Å². The molecule has 5 N–H and O–H groups in total. The van der Waals surface area contributed by atoms with Gasteiger partial charge in [-0.3, -0.25) is 29.3 Å². The van der Waals surface area contributed by atoms with E-state index in [1.807, 2.05) is 67.6 Å². The van der Waals surface area contributed by atoms with Crippen molar-refractivity contribution in [3.8, 4) is 11.5 Å². The van der Waals surface area contributed by atoms with E-state index >= 15 is 0 Å². The summed E-state index contributed by atoms with van der Waals surface area (Å²) >= 11 is 0. The normalized spacial score (nSPS) is 12.4. The molecule has 2 aromatic heterocycles. The monoisotopic (exact) mass is 882 g/mol. The summed E-state index contributed by atoms with van der Waals surface area (Å²) in [6.45, 7) is 3.84. The number of anilines is 2. The van der Waals surface area contributed by atoms with Crippen molar-refractivity contribution in [1.29, 1.82) is 0 Å². The van der Waals surface area contributed by atoms with Crippen molar-refractivity contribution in [1.82, 2.24) is 25.5 Å². The molecule has 1 radical (unpaired) electrons. The molecule has 1 aliphatic heterocycles. The molecular weight excluding hydrogens is 837 g/mol. The summed E-state index contributed by atoms with van der Waals surface area (Å²) in [7, 11) is 0. The predicted octanol–water partition coefficient (Wildman–Crippen LogP) is 6.39. The van der Waals surface area contributed by atoms with Crippen LogP contribution in [-0.2, 0) is 54.0 Å². The van der Waals surface area contributed by atoms with Crippen LogP contribution in [0.5, 0.6) is 11.5 Å². The topological polar surface area (TPSA) is 184 Å². The van der Waals surface area contributed by atoms with Gasteiger partial charge in [0.05, 0.1) is 30.3 Å². The number of unbranched alkanes of at least 4 members (excludes halogenated alkanes) is 1. The Kier molecular flexibility index (Phi) is 16.5. The third-order valence-corrected chi connectivity index (χ3v) is 9.56. The molecule has 0 saturated carbocycles.